The van der Waals surface area contributed by atoms with Gasteiger partial charge >= 0.3 is 5.97 Å². The Kier molecular flexibility index (Phi) is 6.36. The molecule has 0 unspecified atom stereocenters. The number of ether oxygens (including phenoxy) is 3. The third kappa shape index (κ3) is 5.13. The maximum Gasteiger partial charge on any atom is 0.306 e. The third-order valence-electron chi connectivity index (χ3n) is 5.04. The highest BCUT2D eigenvalue weighted by atomic mass is 16.7. The minimum atomic E-state index is -0.831. The number of hydrogen-bond donors (Lipinski definition) is 1. The number of fused-ring (bicyclic) bond motifs is 1. The van der Waals surface area contributed by atoms with Crippen molar-refractivity contribution in [3.8, 4) is 11.5 Å². The molecule has 0 saturated heterocycles. The van der Waals surface area contributed by atoms with Gasteiger partial charge in [-0.1, -0.05) is 32.1 Å². The largest absolute Gasteiger partial charge is 0.454 e. The van der Waals surface area contributed by atoms with Gasteiger partial charge in [-0.2, -0.15) is 0 Å². The Labute approximate surface area is 154 Å². The highest BCUT2D eigenvalue weighted by molar-refractivity contribution is 5.95. The molecule has 6 nitrogen and oxygen atoms in total. The zero-order valence-electron chi connectivity index (χ0n) is 15.3. The van der Waals surface area contributed by atoms with Gasteiger partial charge in [-0.05, 0) is 37.8 Å². The maximum atomic E-state index is 12.2. The molecule has 1 amide bonds. The summed E-state index contributed by atoms with van der Waals surface area (Å²) in [6.07, 6.45) is 7.98. The summed E-state index contributed by atoms with van der Waals surface area (Å²) < 4.78 is 15.8. The first-order valence-electron chi connectivity index (χ1n) is 9.52. The second-order valence-electron chi connectivity index (χ2n) is 7.09. The molecule has 0 radical (unpaired) electrons. The summed E-state index contributed by atoms with van der Waals surface area (Å²) in [5.41, 5.74) is 0.583. The number of carbonyl (C=O) groups excluding carboxylic acids is 2. The van der Waals surface area contributed by atoms with Gasteiger partial charge in [-0.25, -0.2) is 0 Å². The number of esters is 1. The van der Waals surface area contributed by atoms with E-state index >= 15 is 0 Å². The molecule has 1 aromatic rings. The van der Waals surface area contributed by atoms with Crippen molar-refractivity contribution in [1.29, 1.82) is 0 Å². The van der Waals surface area contributed by atoms with E-state index in [1.54, 1.807) is 25.1 Å². The molecule has 3 rings (SSSR count). The number of anilines is 1. The van der Waals surface area contributed by atoms with Crippen molar-refractivity contribution in [2.24, 2.45) is 5.92 Å². The molecule has 1 N–H and O–H groups in total. The highest BCUT2D eigenvalue weighted by Crippen LogP contribution is 2.34. The van der Waals surface area contributed by atoms with Crippen LogP contribution in [-0.4, -0.2) is 24.8 Å². The predicted molar refractivity (Wildman–Crippen MR) is 97.2 cm³/mol. The standard InChI is InChI=1S/C20H27NO5/c1-14(26-19(22)9-5-8-15-6-3-2-4-7-15)20(23)21-16-10-11-17-18(12-16)25-13-24-17/h10-12,14-15H,2-9,13H2,1H3,(H,21,23)/t14-/m0/s1. The van der Waals surface area contributed by atoms with Gasteiger partial charge in [0.2, 0.25) is 6.79 Å². The zero-order valence-corrected chi connectivity index (χ0v) is 15.3. The van der Waals surface area contributed by atoms with Crippen LogP contribution in [0.3, 0.4) is 0 Å². The molecule has 6 heteroatoms. The molecule has 1 heterocycles. The molecule has 2 aliphatic rings. The Balaban J connectivity index is 1.38. The molecule has 1 aliphatic carbocycles. The van der Waals surface area contributed by atoms with Crippen molar-refractivity contribution in [2.45, 2.75) is 64.4 Å². The van der Waals surface area contributed by atoms with Crippen LogP contribution in [0.1, 0.15) is 58.3 Å². The minimum Gasteiger partial charge on any atom is -0.454 e. The van der Waals surface area contributed by atoms with Gasteiger partial charge in [-0.15, -0.1) is 0 Å². The first-order chi connectivity index (χ1) is 12.6. The normalized spacial score (nSPS) is 17.6. The third-order valence-corrected chi connectivity index (χ3v) is 5.04. The molecule has 0 spiro atoms. The lowest BCUT2D eigenvalue weighted by molar-refractivity contribution is -0.153. The molecule has 0 bridgehead atoms. The number of carbonyl (C=O) groups is 2. The zero-order chi connectivity index (χ0) is 18.4. The molecule has 0 aromatic heterocycles. The van der Waals surface area contributed by atoms with E-state index in [1.165, 1.54) is 32.1 Å². The Hall–Kier alpha value is -2.24. The number of benzene rings is 1. The Morgan fingerprint density at radius 3 is 2.77 bits per heavy atom. The lowest BCUT2D eigenvalue weighted by Crippen LogP contribution is -2.29. The lowest BCUT2D eigenvalue weighted by atomic mass is 9.86. The smallest absolute Gasteiger partial charge is 0.306 e. The first kappa shape index (κ1) is 18.5. The van der Waals surface area contributed by atoms with Crippen LogP contribution in [0.2, 0.25) is 0 Å². The second kappa shape index (κ2) is 8.92. The lowest BCUT2D eigenvalue weighted by Gasteiger charge is -2.21. The Morgan fingerprint density at radius 1 is 1.19 bits per heavy atom. The van der Waals surface area contributed by atoms with Gasteiger partial charge < -0.3 is 19.5 Å². The monoisotopic (exact) mass is 361 g/mol. The van der Waals surface area contributed by atoms with Crippen LogP contribution in [-0.2, 0) is 14.3 Å². The van der Waals surface area contributed by atoms with Gasteiger partial charge in [0.05, 0.1) is 0 Å². The fourth-order valence-electron chi connectivity index (χ4n) is 3.54. The summed E-state index contributed by atoms with van der Waals surface area (Å²) in [5.74, 6) is 1.33. The minimum absolute atomic E-state index is 0.182. The second-order valence-corrected chi connectivity index (χ2v) is 7.09. The van der Waals surface area contributed by atoms with E-state index in [-0.39, 0.29) is 18.7 Å². The van der Waals surface area contributed by atoms with E-state index in [0.717, 1.165) is 18.8 Å². The molecule has 26 heavy (non-hydrogen) atoms. The average Bonchev–Trinajstić information content (AvgIpc) is 3.10. The highest BCUT2D eigenvalue weighted by Gasteiger charge is 2.20. The quantitative estimate of drug-likeness (QED) is 0.742. The topological polar surface area (TPSA) is 73.9 Å². The number of amides is 1. The maximum absolute atomic E-state index is 12.2. The average molecular weight is 361 g/mol. The van der Waals surface area contributed by atoms with Crippen LogP contribution >= 0.6 is 0 Å². The summed E-state index contributed by atoms with van der Waals surface area (Å²) in [5, 5.41) is 2.73. The van der Waals surface area contributed by atoms with E-state index in [1.807, 2.05) is 0 Å². The Bertz CT molecular complexity index is 639. The van der Waals surface area contributed by atoms with Crippen LogP contribution in [0.15, 0.2) is 18.2 Å². The van der Waals surface area contributed by atoms with E-state index < -0.39 is 6.10 Å². The van der Waals surface area contributed by atoms with E-state index in [0.29, 0.717) is 23.6 Å². The fraction of sp³-hybridized carbons (Fsp3) is 0.600. The molecule has 142 valence electrons. The van der Waals surface area contributed by atoms with Crippen molar-refractivity contribution >= 4 is 17.6 Å². The van der Waals surface area contributed by atoms with Crippen molar-refractivity contribution in [3.05, 3.63) is 18.2 Å². The van der Waals surface area contributed by atoms with Gasteiger partial charge in [0.15, 0.2) is 17.6 Å². The van der Waals surface area contributed by atoms with E-state index in [2.05, 4.69) is 5.32 Å². The molecular weight excluding hydrogens is 334 g/mol. The van der Waals surface area contributed by atoms with Crippen molar-refractivity contribution in [2.75, 3.05) is 12.1 Å². The predicted octanol–water partition coefficient (Wildman–Crippen LogP) is 4.04. The summed E-state index contributed by atoms with van der Waals surface area (Å²) in [4.78, 5) is 24.2. The van der Waals surface area contributed by atoms with Gasteiger partial charge in [0, 0.05) is 18.2 Å². The molecule has 1 aromatic carbocycles. The van der Waals surface area contributed by atoms with Crippen LogP contribution in [0.25, 0.3) is 0 Å². The number of rotatable bonds is 7. The SMILES string of the molecule is C[C@H](OC(=O)CCCC1CCCCC1)C(=O)Nc1ccc2c(c1)OCO2. The summed E-state index contributed by atoms with van der Waals surface area (Å²) in [6.45, 7) is 1.77. The molecule has 1 fully saturated rings. The van der Waals surface area contributed by atoms with Crippen LogP contribution < -0.4 is 14.8 Å². The van der Waals surface area contributed by atoms with Crippen LogP contribution in [0.4, 0.5) is 5.69 Å². The molecule has 1 atom stereocenters. The molecule has 1 saturated carbocycles. The molecular formula is C20H27NO5. The summed E-state index contributed by atoms with van der Waals surface area (Å²) in [7, 11) is 0. The fourth-order valence-corrected chi connectivity index (χ4v) is 3.54. The van der Waals surface area contributed by atoms with Crippen LogP contribution in [0, 0.1) is 5.92 Å². The van der Waals surface area contributed by atoms with E-state index in [9.17, 15) is 9.59 Å². The summed E-state index contributed by atoms with van der Waals surface area (Å²) >= 11 is 0. The van der Waals surface area contributed by atoms with Gasteiger partial charge in [0.1, 0.15) is 0 Å². The first-order valence-corrected chi connectivity index (χ1v) is 9.52. The van der Waals surface area contributed by atoms with Crippen molar-refractivity contribution in [1.82, 2.24) is 0 Å². The van der Waals surface area contributed by atoms with Gasteiger partial charge in [-0.3, -0.25) is 9.59 Å². The van der Waals surface area contributed by atoms with Gasteiger partial charge in [0.25, 0.3) is 5.91 Å². The number of hydrogen-bond acceptors (Lipinski definition) is 5. The molecule has 1 aliphatic heterocycles. The Morgan fingerprint density at radius 2 is 1.96 bits per heavy atom. The summed E-state index contributed by atoms with van der Waals surface area (Å²) in [6, 6.07) is 5.16. The van der Waals surface area contributed by atoms with Crippen molar-refractivity contribution in [3.63, 3.8) is 0 Å². The number of nitrogens with one attached hydrogen (secondary N) is 1. The van der Waals surface area contributed by atoms with E-state index in [4.69, 9.17) is 14.2 Å². The van der Waals surface area contributed by atoms with Crippen molar-refractivity contribution < 1.29 is 23.8 Å². The van der Waals surface area contributed by atoms with Crippen LogP contribution in [0.5, 0.6) is 11.5 Å².